The molecule has 10 heteroatoms. The Balaban J connectivity index is 0.000000376. The van der Waals surface area contributed by atoms with E-state index in [0.29, 0.717) is 5.69 Å². The molecule has 9 nitrogen and oxygen atoms in total. The highest BCUT2D eigenvalue weighted by Gasteiger charge is 2.34. The molecule has 3 aliphatic rings. The van der Waals surface area contributed by atoms with Gasteiger partial charge in [0.15, 0.2) is 0 Å². The zero-order chi connectivity index (χ0) is 19.6. The molecule has 148 valence electrons. The van der Waals surface area contributed by atoms with Gasteiger partial charge < -0.3 is 9.88 Å². The van der Waals surface area contributed by atoms with Gasteiger partial charge in [-0.3, -0.25) is 9.78 Å². The van der Waals surface area contributed by atoms with Crippen LogP contribution >= 0.6 is 0 Å². The van der Waals surface area contributed by atoms with E-state index in [-0.39, 0.29) is 11.6 Å². The van der Waals surface area contributed by atoms with Gasteiger partial charge in [-0.15, -0.1) is 0 Å². The van der Waals surface area contributed by atoms with Gasteiger partial charge in [0.05, 0.1) is 20.9 Å². The molecule has 3 N–H and O–H groups in total. The highest BCUT2D eigenvalue weighted by atomic mass is 35.7. The predicted molar refractivity (Wildman–Crippen MR) is 88.2 cm³/mol. The van der Waals surface area contributed by atoms with Gasteiger partial charge in [0.1, 0.15) is 5.69 Å². The zero-order valence-electron chi connectivity index (χ0n) is 14.7. The third-order valence-corrected chi connectivity index (χ3v) is 5.12. The average Bonchev–Trinajstić information content (AvgIpc) is 2.59. The molecule has 0 aromatic carbocycles. The van der Waals surface area contributed by atoms with E-state index in [4.69, 9.17) is 18.6 Å². The summed E-state index contributed by atoms with van der Waals surface area (Å²) < 4.78 is 32.7. The topological polar surface area (TPSA) is 158 Å². The van der Waals surface area contributed by atoms with Crippen molar-refractivity contribution in [2.45, 2.75) is 57.4 Å². The second-order valence-corrected chi connectivity index (χ2v) is 7.68. The van der Waals surface area contributed by atoms with E-state index >= 15 is 0 Å². The Morgan fingerprint density at radius 1 is 1.07 bits per heavy atom. The second kappa shape index (κ2) is 7.99. The molecule has 27 heavy (non-hydrogen) atoms. The van der Waals surface area contributed by atoms with Crippen LogP contribution < -0.4 is 30.1 Å². The fourth-order valence-corrected chi connectivity index (χ4v) is 4.13. The van der Waals surface area contributed by atoms with Gasteiger partial charge in [-0.25, -0.2) is 4.79 Å². The molecule has 0 spiro atoms. The molecule has 1 aromatic rings. The molecule has 0 bridgehead atoms. The van der Waals surface area contributed by atoms with E-state index in [1.807, 2.05) is 0 Å². The van der Waals surface area contributed by atoms with Crippen LogP contribution in [-0.2, 0) is 0 Å². The summed E-state index contributed by atoms with van der Waals surface area (Å²) in [6.07, 6.45) is 13.1. The van der Waals surface area contributed by atoms with Crippen molar-refractivity contribution >= 4 is 5.69 Å². The number of hydrogen-bond acceptors (Lipinski definition) is 7. The third-order valence-electron chi connectivity index (χ3n) is 5.12. The van der Waals surface area contributed by atoms with Gasteiger partial charge in [0.25, 0.3) is 5.56 Å². The Kier molecular flexibility index (Phi) is 5.87. The van der Waals surface area contributed by atoms with E-state index in [9.17, 15) is 9.59 Å². The van der Waals surface area contributed by atoms with Crippen LogP contribution in [0.3, 0.4) is 0 Å². The zero-order valence-corrected chi connectivity index (χ0v) is 15.5. The minimum Gasteiger partial charge on any atom is -0.332 e. The van der Waals surface area contributed by atoms with Crippen molar-refractivity contribution in [2.75, 3.05) is 4.90 Å². The minimum atomic E-state index is -4.69. The van der Waals surface area contributed by atoms with Crippen molar-refractivity contribution < 1.29 is 28.9 Å². The number of H-pyrrole nitrogens is 2. The molecule has 1 unspecified atom stereocenters. The maximum atomic E-state index is 12.3. The Bertz CT molecular complexity index is 860. The first-order valence-corrected chi connectivity index (χ1v) is 10.2. The van der Waals surface area contributed by atoms with Crippen molar-refractivity contribution in [1.29, 1.82) is 0 Å². The molecule has 0 saturated heterocycles. The Labute approximate surface area is 157 Å². The number of anilines is 1. The molecule has 0 radical (unpaired) electrons. The highest BCUT2D eigenvalue weighted by Crippen LogP contribution is 2.42. The Morgan fingerprint density at radius 2 is 1.74 bits per heavy atom. The van der Waals surface area contributed by atoms with E-state index < -0.39 is 15.9 Å². The second-order valence-electron chi connectivity index (χ2n) is 6.88. The molecule has 1 aromatic heterocycles. The van der Waals surface area contributed by atoms with Crippen LogP contribution in [0.2, 0.25) is 0 Å². The number of aromatic amines is 2. The highest BCUT2D eigenvalue weighted by molar-refractivity contribution is 5.59. The van der Waals surface area contributed by atoms with Crippen LogP contribution in [0.5, 0.6) is 0 Å². The summed E-state index contributed by atoms with van der Waals surface area (Å²) in [5, 5.41) is 0. The van der Waals surface area contributed by atoms with Gasteiger partial charge in [0.2, 0.25) is 0 Å². The molecule has 1 aliphatic heterocycles. The summed E-state index contributed by atoms with van der Waals surface area (Å²) in [5.74, 6) is 0. The molecule has 2 aliphatic carbocycles. The molecule has 2 heterocycles. The summed E-state index contributed by atoms with van der Waals surface area (Å²) in [4.78, 5) is 30.9. The lowest BCUT2D eigenvalue weighted by Gasteiger charge is -2.43. The maximum absolute atomic E-state index is 12.3. The molecule has 1 fully saturated rings. The minimum absolute atomic E-state index is 0.284. The van der Waals surface area contributed by atoms with Crippen LogP contribution in [0.25, 0.3) is 0 Å². The third kappa shape index (κ3) is 4.88. The first-order valence-electron chi connectivity index (χ1n) is 8.91. The van der Waals surface area contributed by atoms with Gasteiger partial charge >= 0.3 is 5.69 Å². The quantitative estimate of drug-likeness (QED) is 0.515. The number of fused-ring (bicyclic) bond motifs is 1. The van der Waals surface area contributed by atoms with Gasteiger partial charge in [0, 0.05) is 11.9 Å². The number of rotatable bonds is 1. The fraction of sp³-hybridized carbons (Fsp3) is 0.529. The number of nitrogens with one attached hydrogen (secondary N) is 2. The average molecular weight is 400 g/mol. The van der Waals surface area contributed by atoms with E-state index in [1.54, 1.807) is 6.20 Å². The summed E-state index contributed by atoms with van der Waals surface area (Å²) in [5.41, 5.74) is 4.00. The molecular weight excluding hydrogens is 378 g/mol. The van der Waals surface area contributed by atoms with Crippen molar-refractivity contribution in [3.63, 3.8) is 0 Å². The van der Waals surface area contributed by atoms with Gasteiger partial charge in [-0.05, 0) is 56.1 Å². The largest absolute Gasteiger partial charge is 0.332 e. The summed E-state index contributed by atoms with van der Waals surface area (Å²) in [6.45, 7) is 0. The maximum Gasteiger partial charge on any atom is 0.325 e. The smallest absolute Gasteiger partial charge is 0.325 e. The number of aromatic nitrogens is 2. The van der Waals surface area contributed by atoms with Crippen LogP contribution in [0.4, 0.5) is 5.69 Å². The normalized spacial score (nSPS) is 22.3. The van der Waals surface area contributed by atoms with Gasteiger partial charge in [-0.2, -0.15) is 14.0 Å². The predicted octanol–water partition coefficient (Wildman–Crippen LogP) is -1.54. The number of halogens is 1. The number of nitrogens with zero attached hydrogens (tertiary/aromatic N) is 1. The van der Waals surface area contributed by atoms with Crippen molar-refractivity contribution in [2.24, 2.45) is 0 Å². The van der Waals surface area contributed by atoms with Crippen LogP contribution in [0.1, 0.15) is 51.4 Å². The summed E-state index contributed by atoms with van der Waals surface area (Å²) in [7, 11) is -4.69. The number of allylic oxidation sites excluding steroid dienone is 3. The van der Waals surface area contributed by atoms with E-state index in [0.717, 1.165) is 25.7 Å². The first kappa shape index (κ1) is 19.8. The van der Waals surface area contributed by atoms with Crippen molar-refractivity contribution in [3.05, 3.63) is 50.0 Å². The Morgan fingerprint density at radius 3 is 2.44 bits per heavy atom. The molecule has 1 atom stereocenters. The lowest BCUT2D eigenvalue weighted by atomic mass is 9.81. The van der Waals surface area contributed by atoms with Crippen molar-refractivity contribution in [3.8, 4) is 0 Å². The lowest BCUT2D eigenvalue weighted by molar-refractivity contribution is -1.92. The molecule has 0 amide bonds. The summed E-state index contributed by atoms with van der Waals surface area (Å²) in [6, 6.07) is 0.289. The Hall–Kier alpha value is -1.91. The van der Waals surface area contributed by atoms with Gasteiger partial charge in [-0.1, -0.05) is 12.5 Å². The van der Waals surface area contributed by atoms with E-state index in [2.05, 4.69) is 20.9 Å². The van der Waals surface area contributed by atoms with Crippen LogP contribution in [0.15, 0.2) is 38.7 Å². The number of hydrogen-bond donors (Lipinski definition) is 3. The van der Waals surface area contributed by atoms with Crippen molar-refractivity contribution in [1.82, 2.24) is 9.97 Å². The molecular formula is C17H22ClN3O6. The van der Waals surface area contributed by atoms with Crippen LogP contribution in [0, 0.1) is 10.2 Å². The molecule has 4 rings (SSSR count). The standard InChI is InChI=1S/C17H21N3O2.ClHO4/c21-16-15(10-18-17(22)19-16)20-13-7-3-1-5-11(13)9-12-6-2-4-8-14(12)20;2-1(3,4)5/h9-10,13H,1-8H2,(H2,18,19,21,22);(H,2,3,4,5). The lowest BCUT2D eigenvalue weighted by Crippen LogP contribution is -2.58. The van der Waals surface area contributed by atoms with Crippen LogP contribution in [-0.4, -0.2) is 20.7 Å². The monoisotopic (exact) mass is 399 g/mol. The first-order chi connectivity index (χ1) is 12.7. The fourth-order valence-electron chi connectivity index (χ4n) is 4.13. The SMILES string of the molecule is O=c1[nH]cc(N2C3=C(C=C4CCCCC42)CCCC3)c(=O)[nH]1.[O-][Cl+3]([O-])([O-])O. The van der Waals surface area contributed by atoms with E-state index in [1.165, 1.54) is 42.5 Å². The molecule has 1 saturated carbocycles. The summed E-state index contributed by atoms with van der Waals surface area (Å²) >= 11 is 0.